The minimum absolute atomic E-state index is 0.142. The number of aromatic amines is 1. The number of hydrogen-bond acceptors (Lipinski definition) is 5. The molecule has 0 atom stereocenters. The quantitative estimate of drug-likeness (QED) is 0.691. The van der Waals surface area contributed by atoms with Crippen LogP contribution in [0.2, 0.25) is 0 Å². The van der Waals surface area contributed by atoms with E-state index < -0.39 is 10.0 Å². The number of nitrogens with one attached hydrogen (secondary N) is 2. The van der Waals surface area contributed by atoms with Gasteiger partial charge in [0.2, 0.25) is 15.9 Å². The smallest absolute Gasteiger partial charge is 0.250 e. The van der Waals surface area contributed by atoms with Gasteiger partial charge in [-0.25, -0.2) is 13.1 Å². The minimum atomic E-state index is -3.76. The lowest BCUT2D eigenvalue weighted by Gasteiger charge is -2.09. The van der Waals surface area contributed by atoms with Crippen molar-refractivity contribution in [2.45, 2.75) is 45.6 Å². The highest BCUT2D eigenvalue weighted by Crippen LogP contribution is 2.32. The molecule has 0 saturated carbocycles. The van der Waals surface area contributed by atoms with E-state index in [1.165, 1.54) is 5.56 Å². The van der Waals surface area contributed by atoms with Crippen LogP contribution in [0.4, 0.5) is 0 Å². The van der Waals surface area contributed by atoms with Crippen LogP contribution in [0.1, 0.15) is 35.3 Å². The van der Waals surface area contributed by atoms with Gasteiger partial charge in [-0.05, 0) is 31.4 Å². The van der Waals surface area contributed by atoms with E-state index in [9.17, 15) is 8.42 Å². The Morgan fingerprint density at radius 3 is 2.27 bits per heavy atom. The van der Waals surface area contributed by atoms with E-state index in [1.54, 1.807) is 20.8 Å². The average Bonchev–Trinajstić information content (AvgIpc) is 3.16. The molecule has 0 bridgehead atoms. The van der Waals surface area contributed by atoms with Crippen molar-refractivity contribution >= 4 is 10.0 Å². The van der Waals surface area contributed by atoms with Crippen LogP contribution in [0.3, 0.4) is 0 Å². The molecule has 2 heterocycles. The Balaban J connectivity index is 1.91. The Bertz CT molecular complexity index is 1020. The number of sulfonamides is 1. The van der Waals surface area contributed by atoms with E-state index in [4.69, 9.17) is 4.42 Å². The van der Waals surface area contributed by atoms with Crippen LogP contribution in [0.5, 0.6) is 0 Å². The molecule has 2 aromatic heterocycles. The number of aromatic nitrogens is 3. The molecule has 0 aliphatic heterocycles. The Morgan fingerprint density at radius 2 is 1.69 bits per heavy atom. The fraction of sp³-hybridized carbons (Fsp3) is 0.333. The topological polar surface area (TPSA) is 101 Å². The SMILES string of the molecule is CCc1ccc(CNS(=O)(=O)c2c(C)[nH]c(C)c2-c2nnc(C)o2)cc1. The summed E-state index contributed by atoms with van der Waals surface area (Å²) in [4.78, 5) is 3.20. The van der Waals surface area contributed by atoms with Crippen molar-refractivity contribution < 1.29 is 12.8 Å². The number of nitrogens with zero attached hydrogens (tertiary/aromatic N) is 2. The fourth-order valence-corrected chi connectivity index (χ4v) is 4.36. The molecule has 2 N–H and O–H groups in total. The normalized spacial score (nSPS) is 11.8. The average molecular weight is 374 g/mol. The standard InChI is InChI=1S/C18H22N4O3S/c1-5-14-6-8-15(9-7-14)10-19-26(23,24)17-12(3)20-11(2)16(17)18-22-21-13(4)25-18/h6-9,19-20H,5,10H2,1-4H3. The lowest BCUT2D eigenvalue weighted by Crippen LogP contribution is -2.24. The van der Waals surface area contributed by atoms with E-state index in [-0.39, 0.29) is 17.3 Å². The highest BCUT2D eigenvalue weighted by atomic mass is 32.2. The summed E-state index contributed by atoms with van der Waals surface area (Å²) in [7, 11) is -3.76. The van der Waals surface area contributed by atoms with Gasteiger partial charge in [0.05, 0.1) is 5.56 Å². The monoisotopic (exact) mass is 374 g/mol. The third-order valence-electron chi connectivity index (χ3n) is 4.22. The molecule has 3 rings (SSSR count). The van der Waals surface area contributed by atoms with E-state index in [0.717, 1.165) is 12.0 Å². The van der Waals surface area contributed by atoms with Gasteiger partial charge >= 0.3 is 0 Å². The van der Waals surface area contributed by atoms with Gasteiger partial charge < -0.3 is 9.40 Å². The molecule has 26 heavy (non-hydrogen) atoms. The Morgan fingerprint density at radius 1 is 1.04 bits per heavy atom. The van der Waals surface area contributed by atoms with E-state index >= 15 is 0 Å². The third-order valence-corrected chi connectivity index (χ3v) is 5.80. The minimum Gasteiger partial charge on any atom is -0.421 e. The predicted molar refractivity (Wildman–Crippen MR) is 98.1 cm³/mol. The van der Waals surface area contributed by atoms with Gasteiger partial charge in [0, 0.05) is 24.9 Å². The Hall–Kier alpha value is -2.45. The first-order valence-corrected chi connectivity index (χ1v) is 9.87. The molecule has 0 radical (unpaired) electrons. The van der Waals surface area contributed by atoms with Crippen LogP contribution in [0.15, 0.2) is 33.6 Å². The zero-order valence-electron chi connectivity index (χ0n) is 15.3. The van der Waals surface area contributed by atoms with Crippen LogP contribution < -0.4 is 4.72 Å². The summed E-state index contributed by atoms with van der Waals surface area (Å²) in [6, 6.07) is 7.86. The van der Waals surface area contributed by atoms with Crippen molar-refractivity contribution in [3.05, 3.63) is 52.7 Å². The lowest BCUT2D eigenvalue weighted by atomic mass is 10.1. The Kier molecular flexibility index (Phi) is 4.97. The molecule has 8 heteroatoms. The number of rotatable bonds is 6. The van der Waals surface area contributed by atoms with Gasteiger partial charge in [0.15, 0.2) is 0 Å². The highest BCUT2D eigenvalue weighted by molar-refractivity contribution is 7.89. The van der Waals surface area contributed by atoms with Crippen LogP contribution >= 0.6 is 0 Å². The summed E-state index contributed by atoms with van der Waals surface area (Å²) >= 11 is 0. The summed E-state index contributed by atoms with van der Waals surface area (Å²) in [6.07, 6.45) is 0.945. The van der Waals surface area contributed by atoms with Crippen LogP contribution in [-0.4, -0.2) is 23.6 Å². The van der Waals surface area contributed by atoms with E-state index in [0.29, 0.717) is 22.8 Å². The maximum Gasteiger partial charge on any atom is 0.250 e. The molecule has 138 valence electrons. The molecule has 0 aliphatic carbocycles. The van der Waals surface area contributed by atoms with Gasteiger partial charge in [0.25, 0.3) is 5.89 Å². The van der Waals surface area contributed by atoms with Crippen molar-refractivity contribution in [3.63, 3.8) is 0 Å². The first kappa shape index (κ1) is 18.3. The molecule has 1 aromatic carbocycles. The van der Waals surface area contributed by atoms with Crippen molar-refractivity contribution in [2.75, 3.05) is 0 Å². The van der Waals surface area contributed by atoms with E-state index in [2.05, 4.69) is 26.8 Å². The zero-order valence-corrected chi connectivity index (χ0v) is 16.1. The predicted octanol–water partition coefficient (Wildman–Crippen LogP) is 3.03. The first-order chi connectivity index (χ1) is 12.3. The van der Waals surface area contributed by atoms with Gasteiger partial charge in [-0.15, -0.1) is 10.2 Å². The highest BCUT2D eigenvalue weighted by Gasteiger charge is 2.28. The van der Waals surface area contributed by atoms with Gasteiger partial charge in [0.1, 0.15) is 4.90 Å². The molecular formula is C18H22N4O3S. The number of H-pyrrole nitrogens is 1. The second-order valence-electron chi connectivity index (χ2n) is 6.20. The molecule has 3 aromatic rings. The molecule has 0 unspecified atom stereocenters. The van der Waals surface area contributed by atoms with Crippen LogP contribution in [0, 0.1) is 20.8 Å². The second-order valence-corrected chi connectivity index (χ2v) is 7.90. The molecule has 0 aliphatic rings. The third kappa shape index (κ3) is 3.56. The summed E-state index contributed by atoms with van der Waals surface area (Å²) in [6.45, 7) is 7.44. The maximum absolute atomic E-state index is 12.9. The molecule has 0 spiro atoms. The molecule has 0 saturated heterocycles. The lowest BCUT2D eigenvalue weighted by molar-refractivity contribution is 0.530. The largest absolute Gasteiger partial charge is 0.421 e. The van der Waals surface area contributed by atoms with Crippen molar-refractivity contribution in [2.24, 2.45) is 0 Å². The van der Waals surface area contributed by atoms with Gasteiger partial charge in [-0.1, -0.05) is 31.2 Å². The first-order valence-electron chi connectivity index (χ1n) is 8.39. The Labute approximate surface area is 152 Å². The van der Waals surface area contributed by atoms with Gasteiger partial charge in [-0.2, -0.15) is 0 Å². The number of aryl methyl sites for hydroxylation is 4. The second kappa shape index (κ2) is 7.05. The van der Waals surface area contributed by atoms with Gasteiger partial charge in [-0.3, -0.25) is 0 Å². The van der Waals surface area contributed by atoms with Crippen molar-refractivity contribution in [1.82, 2.24) is 19.9 Å². The zero-order chi connectivity index (χ0) is 18.9. The van der Waals surface area contributed by atoms with Crippen molar-refractivity contribution in [1.29, 1.82) is 0 Å². The van der Waals surface area contributed by atoms with Crippen LogP contribution in [0.25, 0.3) is 11.5 Å². The molecule has 7 nitrogen and oxygen atoms in total. The van der Waals surface area contributed by atoms with Crippen molar-refractivity contribution in [3.8, 4) is 11.5 Å². The molecule has 0 fully saturated rings. The maximum atomic E-state index is 12.9. The molecule has 0 amide bonds. The van der Waals surface area contributed by atoms with E-state index in [1.807, 2.05) is 24.3 Å². The summed E-state index contributed by atoms with van der Waals surface area (Å²) in [5, 5.41) is 7.77. The molecular weight excluding hydrogens is 352 g/mol. The summed E-state index contributed by atoms with van der Waals surface area (Å²) in [5.41, 5.74) is 3.71. The van der Waals surface area contributed by atoms with Crippen LogP contribution in [-0.2, 0) is 23.0 Å². The summed E-state index contributed by atoms with van der Waals surface area (Å²) in [5.74, 6) is 0.572. The summed E-state index contributed by atoms with van der Waals surface area (Å²) < 4.78 is 34.0. The number of hydrogen-bond donors (Lipinski definition) is 2. The number of benzene rings is 1. The fourth-order valence-electron chi connectivity index (χ4n) is 2.89.